The predicted octanol–water partition coefficient (Wildman–Crippen LogP) is 3.99. The average Bonchev–Trinajstić information content (AvgIpc) is 2.91. The normalized spacial score (nSPS) is 23.6. The zero-order valence-corrected chi connectivity index (χ0v) is 24.0. The van der Waals surface area contributed by atoms with Gasteiger partial charge >= 0.3 is 10.4 Å². The fraction of sp³-hybridized carbons (Fsp3) is 0.786. The lowest BCUT2D eigenvalue weighted by Crippen LogP contribution is -2.59. The van der Waals surface area contributed by atoms with Crippen LogP contribution in [-0.2, 0) is 19.3 Å². The van der Waals surface area contributed by atoms with Gasteiger partial charge in [0.1, 0.15) is 24.4 Å². The van der Waals surface area contributed by atoms with Crippen molar-refractivity contribution < 1.29 is 46.7 Å². The number of ether oxygens (including phenoxy) is 2. The summed E-state index contributed by atoms with van der Waals surface area (Å²) in [4.78, 5) is 0. The van der Waals surface area contributed by atoms with Crippen LogP contribution in [0.5, 0.6) is 11.5 Å². The maximum atomic E-state index is 12.5. The van der Waals surface area contributed by atoms with Gasteiger partial charge in [0.05, 0.1) is 13.2 Å². The number of rotatable bonds is 21. The van der Waals surface area contributed by atoms with Gasteiger partial charge in [0, 0.05) is 0 Å². The fourth-order valence-corrected chi connectivity index (χ4v) is 5.30. The first-order chi connectivity index (χ1) is 18.8. The Morgan fingerprint density at radius 2 is 1.26 bits per heavy atom. The molecule has 0 bridgehead atoms. The van der Waals surface area contributed by atoms with E-state index in [2.05, 4.69) is 6.92 Å². The molecule has 226 valence electrons. The summed E-state index contributed by atoms with van der Waals surface area (Å²) in [6.07, 6.45) is 8.97. The smallest absolute Gasteiger partial charge is 0.451 e. The number of hydrogen-bond donors (Lipinski definition) is 4. The van der Waals surface area contributed by atoms with Gasteiger partial charge in [0.15, 0.2) is 11.5 Å². The Morgan fingerprint density at radius 3 is 1.79 bits per heavy atom. The summed E-state index contributed by atoms with van der Waals surface area (Å²) in [6, 6.07) is 6.22. The maximum Gasteiger partial charge on any atom is 0.451 e. The standard InChI is InChI=1S/C28H48O10S/c1-2-3-4-5-6-7-8-9-10-11-12-13-14-17-20-35-22-18-15-16-19-23(22)37-39(33,34)38-28-27(32)26(31)25(30)24(21-29)36-28/h15-16,18-19,24-32H,2-14,17,20-21H2,1H3/t24-,25-,26+,27-,28+/m1/s1. The van der Waals surface area contributed by atoms with Crippen LogP contribution in [0, 0.1) is 0 Å². The molecule has 39 heavy (non-hydrogen) atoms. The van der Waals surface area contributed by atoms with Crippen molar-refractivity contribution in [3.05, 3.63) is 24.3 Å². The monoisotopic (exact) mass is 576 g/mol. The van der Waals surface area contributed by atoms with Crippen LogP contribution in [0.15, 0.2) is 24.3 Å². The molecule has 0 aliphatic carbocycles. The maximum absolute atomic E-state index is 12.5. The molecule has 11 heteroatoms. The van der Waals surface area contributed by atoms with Gasteiger partial charge in [-0.05, 0) is 18.6 Å². The highest BCUT2D eigenvalue weighted by molar-refractivity contribution is 7.82. The van der Waals surface area contributed by atoms with Crippen molar-refractivity contribution in [3.8, 4) is 11.5 Å². The van der Waals surface area contributed by atoms with Crippen LogP contribution in [0.4, 0.5) is 0 Å². The van der Waals surface area contributed by atoms with E-state index in [4.69, 9.17) is 17.8 Å². The first-order valence-electron chi connectivity index (χ1n) is 14.4. The highest BCUT2D eigenvalue weighted by Gasteiger charge is 2.46. The van der Waals surface area contributed by atoms with Crippen molar-refractivity contribution >= 4 is 10.4 Å². The first-order valence-corrected chi connectivity index (χ1v) is 15.8. The molecule has 0 aromatic heterocycles. The van der Waals surface area contributed by atoms with Crippen molar-refractivity contribution in [2.24, 2.45) is 0 Å². The predicted molar refractivity (Wildman–Crippen MR) is 147 cm³/mol. The largest absolute Gasteiger partial charge is 0.490 e. The molecule has 5 atom stereocenters. The lowest BCUT2D eigenvalue weighted by Gasteiger charge is -2.38. The quantitative estimate of drug-likeness (QED) is 0.158. The number of aliphatic hydroxyl groups is 4. The minimum atomic E-state index is -4.76. The number of benzene rings is 1. The third-order valence-electron chi connectivity index (χ3n) is 6.86. The molecule has 1 saturated heterocycles. The summed E-state index contributed by atoms with van der Waals surface area (Å²) in [5.74, 6) is 0.112. The van der Waals surface area contributed by atoms with Crippen LogP contribution in [0.25, 0.3) is 0 Å². The highest BCUT2D eigenvalue weighted by atomic mass is 32.3. The zero-order valence-electron chi connectivity index (χ0n) is 23.2. The molecule has 1 aliphatic rings. The molecule has 0 unspecified atom stereocenters. The van der Waals surface area contributed by atoms with Gasteiger partial charge in [-0.15, -0.1) is 0 Å². The van der Waals surface area contributed by atoms with Crippen molar-refractivity contribution in [2.75, 3.05) is 13.2 Å². The summed E-state index contributed by atoms with van der Waals surface area (Å²) < 4.78 is 45.5. The van der Waals surface area contributed by atoms with Crippen molar-refractivity contribution in [1.82, 2.24) is 0 Å². The van der Waals surface area contributed by atoms with E-state index in [1.54, 1.807) is 18.2 Å². The topological polar surface area (TPSA) is 152 Å². The van der Waals surface area contributed by atoms with E-state index in [1.165, 1.54) is 76.7 Å². The molecule has 2 rings (SSSR count). The lowest BCUT2D eigenvalue weighted by atomic mass is 10.00. The van der Waals surface area contributed by atoms with Gasteiger partial charge in [-0.1, -0.05) is 103 Å². The number of para-hydroxylation sites is 2. The van der Waals surface area contributed by atoms with Crippen molar-refractivity contribution in [3.63, 3.8) is 0 Å². The van der Waals surface area contributed by atoms with E-state index < -0.39 is 47.7 Å². The second-order valence-electron chi connectivity index (χ2n) is 10.2. The Morgan fingerprint density at radius 1 is 0.744 bits per heavy atom. The molecule has 0 spiro atoms. The molecule has 1 fully saturated rings. The van der Waals surface area contributed by atoms with Crippen molar-refractivity contribution in [2.45, 2.75) is 128 Å². The molecule has 1 aromatic carbocycles. The molecule has 0 amide bonds. The Bertz CT molecular complexity index is 879. The molecule has 1 heterocycles. The molecule has 1 aliphatic heterocycles. The Balaban J connectivity index is 1.65. The zero-order chi connectivity index (χ0) is 28.5. The molecule has 4 N–H and O–H groups in total. The van der Waals surface area contributed by atoms with Crippen LogP contribution < -0.4 is 8.92 Å². The summed E-state index contributed by atoms with van der Waals surface area (Å²) in [5, 5.41) is 38.9. The van der Waals surface area contributed by atoms with Crippen LogP contribution in [0.1, 0.15) is 96.8 Å². The second-order valence-corrected chi connectivity index (χ2v) is 11.4. The summed E-state index contributed by atoms with van der Waals surface area (Å²) in [5.41, 5.74) is 0. The molecular weight excluding hydrogens is 528 g/mol. The number of aliphatic hydroxyl groups excluding tert-OH is 4. The van der Waals surface area contributed by atoms with E-state index >= 15 is 0 Å². The van der Waals surface area contributed by atoms with E-state index in [0.29, 0.717) is 6.61 Å². The molecular formula is C28H48O10S. The lowest BCUT2D eigenvalue weighted by molar-refractivity contribution is -0.277. The van der Waals surface area contributed by atoms with E-state index in [1.807, 2.05) is 0 Å². The van der Waals surface area contributed by atoms with Gasteiger partial charge < -0.3 is 34.1 Å². The van der Waals surface area contributed by atoms with E-state index in [0.717, 1.165) is 19.3 Å². The van der Waals surface area contributed by atoms with Crippen molar-refractivity contribution in [1.29, 1.82) is 0 Å². The average molecular weight is 577 g/mol. The van der Waals surface area contributed by atoms with Crippen LogP contribution in [-0.4, -0.2) is 72.8 Å². The Hall–Kier alpha value is -1.47. The summed E-state index contributed by atoms with van der Waals surface area (Å²) >= 11 is 0. The second kappa shape index (κ2) is 18.8. The Labute approximate surface area is 233 Å². The minimum absolute atomic E-state index is 0.104. The SMILES string of the molecule is CCCCCCCCCCCCCCCCOc1ccccc1OS(=O)(=O)O[C@@H]1O[C@H](CO)[C@@H](O)[C@H](O)[C@H]1O. The van der Waals surface area contributed by atoms with Gasteiger partial charge in [-0.2, -0.15) is 8.42 Å². The molecule has 0 saturated carbocycles. The van der Waals surface area contributed by atoms with Crippen LogP contribution >= 0.6 is 0 Å². The van der Waals surface area contributed by atoms with Gasteiger partial charge in [-0.25, -0.2) is 4.18 Å². The molecule has 10 nitrogen and oxygen atoms in total. The van der Waals surface area contributed by atoms with E-state index in [-0.39, 0.29) is 11.5 Å². The molecule has 0 radical (unpaired) electrons. The third kappa shape index (κ3) is 12.7. The molecule has 1 aromatic rings. The summed E-state index contributed by atoms with van der Waals surface area (Å²) in [7, 11) is -4.76. The van der Waals surface area contributed by atoms with E-state index in [9.17, 15) is 28.8 Å². The third-order valence-corrected chi connectivity index (χ3v) is 7.67. The fourth-order valence-electron chi connectivity index (χ4n) is 4.51. The van der Waals surface area contributed by atoms with Crippen LogP contribution in [0.2, 0.25) is 0 Å². The van der Waals surface area contributed by atoms with Gasteiger partial charge in [0.2, 0.25) is 6.29 Å². The Kier molecular flexibility index (Phi) is 16.3. The van der Waals surface area contributed by atoms with Gasteiger partial charge in [0.25, 0.3) is 0 Å². The first kappa shape index (κ1) is 33.7. The van der Waals surface area contributed by atoms with Gasteiger partial charge in [-0.3, -0.25) is 0 Å². The number of unbranched alkanes of at least 4 members (excludes halogenated alkanes) is 13. The minimum Gasteiger partial charge on any atom is -0.490 e. The summed E-state index contributed by atoms with van der Waals surface area (Å²) in [6.45, 7) is 1.92. The van der Waals surface area contributed by atoms with Crippen LogP contribution in [0.3, 0.4) is 0 Å². The number of hydrogen-bond acceptors (Lipinski definition) is 10. The highest BCUT2D eigenvalue weighted by Crippen LogP contribution is 2.30.